The van der Waals surface area contributed by atoms with E-state index in [0.29, 0.717) is 0 Å². The third-order valence-electron chi connectivity index (χ3n) is 2.15. The van der Waals surface area contributed by atoms with E-state index in [1.54, 1.807) is 0 Å². The van der Waals surface area contributed by atoms with Crippen LogP contribution in [-0.4, -0.2) is 55.0 Å². The fraction of sp³-hybridized carbons (Fsp3) is 0.556. The molecule has 7 nitrogen and oxygen atoms in total. The van der Waals surface area contributed by atoms with Gasteiger partial charge in [0.05, 0.1) is 18.5 Å². The molecule has 0 fully saturated rings. The molecule has 1 rings (SSSR count). The smallest absolute Gasteiger partial charge is 0.194 e. The summed E-state index contributed by atoms with van der Waals surface area (Å²) in [7, 11) is 0. The maximum Gasteiger partial charge on any atom is 0.194 e. The summed E-state index contributed by atoms with van der Waals surface area (Å²) in [5.74, 6) is -0.254. The van der Waals surface area contributed by atoms with Gasteiger partial charge in [-0.1, -0.05) is 0 Å². The Hall–Kier alpha value is -1.28. The number of aromatic amines is 1. The van der Waals surface area contributed by atoms with E-state index in [-0.39, 0.29) is 17.3 Å². The molecular formula is C9H14N2O5. The molecule has 0 saturated heterocycles. The lowest BCUT2D eigenvalue weighted by Gasteiger charge is -2.20. The predicted octanol–water partition coefficient (Wildman–Crippen LogP) is -1.64. The summed E-state index contributed by atoms with van der Waals surface area (Å²) in [6, 6.07) is 0. The van der Waals surface area contributed by atoms with Gasteiger partial charge in [-0.3, -0.25) is 4.79 Å². The van der Waals surface area contributed by atoms with E-state index in [9.17, 15) is 15.0 Å². The average Bonchev–Trinajstić information content (AvgIpc) is 2.75. The van der Waals surface area contributed by atoms with E-state index < -0.39 is 24.9 Å². The number of H-pyrrole nitrogens is 1. The highest BCUT2D eigenvalue weighted by Gasteiger charge is 2.27. The van der Waals surface area contributed by atoms with Crippen LogP contribution in [-0.2, 0) is 0 Å². The Kier molecular flexibility index (Phi) is 4.13. The SMILES string of the molecule is CC(=O)[13c]1n[13cH][13c]([13C@@H](O)[13C@@H](O)[13C@@H](O)CO)[nH]1. The van der Waals surface area contributed by atoms with Gasteiger partial charge in [-0.2, -0.15) is 0 Å². The van der Waals surface area contributed by atoms with Crippen molar-refractivity contribution < 1.29 is 25.2 Å². The van der Waals surface area contributed by atoms with Gasteiger partial charge in [-0.15, -0.1) is 0 Å². The van der Waals surface area contributed by atoms with Crippen LogP contribution in [0.5, 0.6) is 0 Å². The Labute approximate surface area is 91.4 Å². The lowest BCUT2D eigenvalue weighted by molar-refractivity contribution is -0.0788. The van der Waals surface area contributed by atoms with Gasteiger partial charge in [-0.25, -0.2) is 4.98 Å². The molecule has 1 aromatic heterocycles. The minimum Gasteiger partial charge on any atom is -0.394 e. The minimum absolute atomic E-state index is 0.0553. The summed E-state index contributed by atoms with van der Waals surface area (Å²) in [6.45, 7) is 0.625. The molecule has 0 aliphatic rings. The number of aromatic nitrogens is 2. The highest BCUT2D eigenvalue weighted by molar-refractivity contribution is 5.90. The number of aliphatic hydroxyl groups is 4. The molecule has 0 bridgehead atoms. The molecule has 0 radical (unpaired) electrons. The van der Waals surface area contributed by atoms with E-state index in [4.69, 9.17) is 10.2 Å². The first-order valence-corrected chi connectivity index (χ1v) is 4.68. The second-order valence-corrected chi connectivity index (χ2v) is 3.43. The fourth-order valence-corrected chi connectivity index (χ4v) is 1.17. The molecule has 0 aliphatic carbocycles. The number of hydrogen-bond donors (Lipinski definition) is 5. The van der Waals surface area contributed by atoms with Crippen LogP contribution in [0.3, 0.4) is 0 Å². The topological polar surface area (TPSA) is 127 Å². The largest absolute Gasteiger partial charge is 0.394 e. The van der Waals surface area contributed by atoms with Gasteiger partial charge in [-0.05, 0) is 0 Å². The van der Waals surface area contributed by atoms with E-state index in [1.165, 1.54) is 13.1 Å². The van der Waals surface area contributed by atoms with Crippen molar-refractivity contribution in [3.8, 4) is 0 Å². The number of imidazole rings is 1. The van der Waals surface area contributed by atoms with Crippen LogP contribution in [0.4, 0.5) is 0 Å². The van der Waals surface area contributed by atoms with Crippen molar-refractivity contribution in [1.82, 2.24) is 9.97 Å². The summed E-state index contributed by atoms with van der Waals surface area (Å²) >= 11 is 0. The highest BCUT2D eigenvalue weighted by Crippen LogP contribution is 2.17. The van der Waals surface area contributed by atoms with Gasteiger partial charge in [0.25, 0.3) is 0 Å². The summed E-state index contributed by atoms with van der Waals surface area (Å²) in [6.07, 6.45) is -3.26. The molecule has 5 N–H and O–H groups in total. The molecular weight excluding hydrogens is 222 g/mol. The van der Waals surface area contributed by atoms with Crippen molar-refractivity contribution in [3.05, 3.63) is 17.7 Å². The van der Waals surface area contributed by atoms with Crippen LogP contribution in [0.2, 0.25) is 0 Å². The van der Waals surface area contributed by atoms with Crippen LogP contribution in [0.1, 0.15) is 29.3 Å². The lowest BCUT2D eigenvalue weighted by atomic mass is 10.7. The van der Waals surface area contributed by atoms with E-state index in [2.05, 4.69) is 9.97 Å². The zero-order valence-corrected chi connectivity index (χ0v) is 8.66. The van der Waals surface area contributed by atoms with Crippen LogP contribution in [0.25, 0.3) is 0 Å². The number of nitrogens with zero attached hydrogens (tertiary/aromatic N) is 1. The molecule has 1 heterocycles. The van der Waals surface area contributed by atoms with Crippen LogP contribution < -0.4 is 0 Å². The standard InChI is InChI=1S/C9H14N2O5/c1-4(13)9-10-2-5(11-9)7(15)8(16)6(14)3-12/h2,6-8,12,14-16H,3H2,1H3,(H,10,11)/t6-,7+,8-/m0/s1/i2+1,5+1,6+1,7+1,8+1,9+1. The average molecular weight is 236 g/mol. The number of ketones is 1. The highest BCUT2D eigenvalue weighted by atomic mass is 16.5. The summed E-state index contributed by atoms with van der Waals surface area (Å²) in [5, 5.41) is 36.7. The Morgan fingerprint density at radius 3 is 2.56 bits per heavy atom. The molecule has 0 unspecified atom stereocenters. The zero-order valence-electron chi connectivity index (χ0n) is 8.66. The molecule has 90 valence electrons. The van der Waals surface area contributed by atoms with E-state index >= 15 is 0 Å². The Morgan fingerprint density at radius 1 is 1.50 bits per heavy atom. The third-order valence-corrected chi connectivity index (χ3v) is 2.15. The monoisotopic (exact) mass is 236 g/mol. The number of carbonyl (C=O) groups is 1. The van der Waals surface area contributed by atoms with Crippen LogP contribution in [0, 0.1) is 0 Å². The summed E-state index contributed by atoms with van der Waals surface area (Å²) in [5.41, 5.74) is 0.102. The molecule has 0 spiro atoms. The van der Waals surface area contributed by atoms with E-state index in [1.807, 2.05) is 0 Å². The summed E-state index contributed by atoms with van der Waals surface area (Å²) in [4.78, 5) is 17.1. The Balaban J connectivity index is 2.79. The normalized spacial score (nSPS) is 16.8. The zero-order chi connectivity index (χ0) is 12.3. The van der Waals surface area contributed by atoms with Gasteiger partial charge >= 0.3 is 0 Å². The minimum atomic E-state index is -1.55. The van der Waals surface area contributed by atoms with Crippen molar-refractivity contribution in [2.45, 2.75) is 25.2 Å². The van der Waals surface area contributed by atoms with Crippen molar-refractivity contribution in [2.24, 2.45) is 0 Å². The molecule has 0 saturated carbocycles. The second-order valence-electron chi connectivity index (χ2n) is 3.43. The number of nitrogens with one attached hydrogen (secondary N) is 1. The van der Waals surface area contributed by atoms with Crippen molar-refractivity contribution in [1.29, 1.82) is 0 Å². The van der Waals surface area contributed by atoms with Crippen molar-refractivity contribution >= 4 is 5.78 Å². The number of aliphatic hydroxyl groups excluding tert-OH is 4. The number of Topliss-reactive ketones (excluding diaryl/α,β-unsaturated/α-hetero) is 1. The molecule has 3 atom stereocenters. The first-order valence-electron chi connectivity index (χ1n) is 4.68. The number of hydrogen-bond acceptors (Lipinski definition) is 6. The van der Waals surface area contributed by atoms with Crippen molar-refractivity contribution in [3.63, 3.8) is 0 Å². The Bertz CT molecular complexity index is 365. The van der Waals surface area contributed by atoms with Gasteiger partial charge < -0.3 is 25.4 Å². The van der Waals surface area contributed by atoms with Gasteiger partial charge in [0.2, 0.25) is 0 Å². The quantitative estimate of drug-likeness (QED) is 0.308. The maximum absolute atomic E-state index is 10.9. The predicted molar refractivity (Wildman–Crippen MR) is 52.7 cm³/mol. The van der Waals surface area contributed by atoms with Crippen LogP contribution in [0.15, 0.2) is 6.20 Å². The van der Waals surface area contributed by atoms with Gasteiger partial charge in [0.15, 0.2) is 11.6 Å². The maximum atomic E-state index is 10.9. The first kappa shape index (κ1) is 12.8. The Morgan fingerprint density at radius 2 is 2.12 bits per heavy atom. The fourth-order valence-electron chi connectivity index (χ4n) is 1.17. The molecule has 7 heteroatoms. The number of rotatable bonds is 5. The molecule has 0 aliphatic heterocycles. The first-order chi connectivity index (χ1) is 7.47. The lowest BCUT2D eigenvalue weighted by Crippen LogP contribution is -2.34. The second kappa shape index (κ2) is 5.17. The van der Waals surface area contributed by atoms with Crippen LogP contribution >= 0.6 is 0 Å². The van der Waals surface area contributed by atoms with Gasteiger partial charge in [0.1, 0.15) is 18.3 Å². The molecule has 16 heavy (non-hydrogen) atoms. The van der Waals surface area contributed by atoms with Crippen molar-refractivity contribution in [2.75, 3.05) is 6.61 Å². The third kappa shape index (κ3) is 2.64. The summed E-state index contributed by atoms with van der Waals surface area (Å²) < 4.78 is 0. The molecule has 1 aromatic rings. The molecule has 0 amide bonds. The number of carbonyl (C=O) groups excluding carboxylic acids is 1. The molecule has 0 aromatic carbocycles. The van der Waals surface area contributed by atoms with Gasteiger partial charge in [0, 0.05) is 6.92 Å². The van der Waals surface area contributed by atoms with E-state index in [0.717, 1.165) is 0 Å².